The topological polar surface area (TPSA) is 67.6 Å². The van der Waals surface area contributed by atoms with Crippen LogP contribution in [0.2, 0.25) is 0 Å². The van der Waals surface area contributed by atoms with E-state index < -0.39 is 0 Å². The lowest BCUT2D eigenvalue weighted by atomic mass is 9.78. The van der Waals surface area contributed by atoms with Crippen LogP contribution in [-0.4, -0.2) is 24.6 Å². The number of methoxy groups -OCH3 is 1. The van der Waals surface area contributed by atoms with Crippen molar-refractivity contribution in [2.75, 3.05) is 12.0 Å². The zero-order valence-electron chi connectivity index (χ0n) is 14.1. The van der Waals surface area contributed by atoms with Crippen molar-refractivity contribution in [1.29, 1.82) is 0 Å². The summed E-state index contributed by atoms with van der Waals surface area (Å²) in [7, 11) is 1.66. The number of rotatable bonds is 4. The minimum Gasteiger partial charge on any atom is -0.497 e. The summed E-state index contributed by atoms with van der Waals surface area (Å²) in [4.78, 5) is 14.5. The van der Waals surface area contributed by atoms with Crippen molar-refractivity contribution in [2.24, 2.45) is 5.84 Å². The highest BCUT2D eigenvalue weighted by Crippen LogP contribution is 2.46. The second-order valence-electron chi connectivity index (χ2n) is 6.64. The third-order valence-corrected chi connectivity index (χ3v) is 4.63. The fourth-order valence-corrected chi connectivity index (χ4v) is 3.73. The lowest BCUT2D eigenvalue weighted by molar-refractivity contribution is -0.122. The van der Waals surface area contributed by atoms with Crippen LogP contribution in [0.1, 0.15) is 52.0 Å². The molecule has 5 heteroatoms. The molecule has 1 aliphatic heterocycles. The number of carbonyl (C=O) groups is 1. The molecule has 2 rings (SSSR count). The fraction of sp³-hybridized carbons (Fsp3) is 0.588. The number of amides is 1. The lowest BCUT2D eigenvalue weighted by Crippen LogP contribution is -2.59. The molecule has 1 aromatic carbocycles. The number of carbonyl (C=O) groups excluding carboxylic acids is 1. The van der Waals surface area contributed by atoms with E-state index in [2.05, 4.69) is 37.2 Å². The second-order valence-corrected chi connectivity index (χ2v) is 6.64. The predicted octanol–water partition coefficient (Wildman–Crippen LogP) is 2.56. The maximum absolute atomic E-state index is 12.3. The molecule has 2 unspecified atom stereocenters. The van der Waals surface area contributed by atoms with Crippen molar-refractivity contribution in [3.63, 3.8) is 0 Å². The van der Waals surface area contributed by atoms with Gasteiger partial charge in [0.25, 0.3) is 5.91 Å². The van der Waals surface area contributed by atoms with Crippen LogP contribution in [0.15, 0.2) is 18.2 Å². The lowest BCUT2D eigenvalue weighted by Gasteiger charge is -2.50. The molecule has 2 atom stereocenters. The van der Waals surface area contributed by atoms with Gasteiger partial charge in [-0.3, -0.25) is 10.2 Å². The van der Waals surface area contributed by atoms with E-state index in [0.29, 0.717) is 12.3 Å². The van der Waals surface area contributed by atoms with Crippen LogP contribution in [-0.2, 0) is 4.79 Å². The molecule has 0 aliphatic carbocycles. The van der Waals surface area contributed by atoms with Crippen LogP contribution in [0, 0.1) is 0 Å². The molecule has 0 radical (unpaired) electrons. The van der Waals surface area contributed by atoms with Gasteiger partial charge in [-0.05, 0) is 44.2 Å². The van der Waals surface area contributed by atoms with Crippen LogP contribution in [0.25, 0.3) is 0 Å². The monoisotopic (exact) mass is 305 g/mol. The number of benzene rings is 1. The molecular formula is C17H27N3O2. The van der Waals surface area contributed by atoms with Crippen molar-refractivity contribution >= 4 is 11.6 Å². The largest absolute Gasteiger partial charge is 0.497 e. The van der Waals surface area contributed by atoms with Crippen LogP contribution in [0.5, 0.6) is 5.75 Å². The third-order valence-electron chi connectivity index (χ3n) is 4.63. The van der Waals surface area contributed by atoms with E-state index in [0.717, 1.165) is 17.9 Å². The van der Waals surface area contributed by atoms with E-state index in [1.54, 1.807) is 7.11 Å². The molecular weight excluding hydrogens is 278 g/mol. The molecule has 0 spiro atoms. The number of hydrazine groups is 1. The summed E-state index contributed by atoms with van der Waals surface area (Å²) < 4.78 is 5.38. The smallest absolute Gasteiger partial charge is 0.256 e. The van der Waals surface area contributed by atoms with Gasteiger partial charge in [0.15, 0.2) is 0 Å². The Morgan fingerprint density at radius 3 is 2.77 bits per heavy atom. The standard InChI is InChI=1S/C17H27N3O2/c1-6-14(16(21)19-18)20-15-9-12(22-5)7-8-13(15)11(2)10-17(20,3)4/h7-9,11,14H,6,10,18H2,1-5H3,(H,19,21). The average molecular weight is 305 g/mol. The van der Waals surface area contributed by atoms with Gasteiger partial charge in [0, 0.05) is 17.3 Å². The van der Waals surface area contributed by atoms with Gasteiger partial charge in [-0.25, -0.2) is 5.84 Å². The van der Waals surface area contributed by atoms with Gasteiger partial charge in [0.1, 0.15) is 11.8 Å². The van der Waals surface area contributed by atoms with Gasteiger partial charge in [0.05, 0.1) is 7.11 Å². The molecule has 22 heavy (non-hydrogen) atoms. The Labute approximate surface area is 132 Å². The van der Waals surface area contributed by atoms with Gasteiger partial charge in [-0.2, -0.15) is 0 Å². The van der Waals surface area contributed by atoms with E-state index >= 15 is 0 Å². The van der Waals surface area contributed by atoms with E-state index in [1.165, 1.54) is 5.56 Å². The summed E-state index contributed by atoms with van der Waals surface area (Å²) >= 11 is 0. The normalized spacial score (nSPS) is 21.0. The van der Waals surface area contributed by atoms with Crippen LogP contribution >= 0.6 is 0 Å². The summed E-state index contributed by atoms with van der Waals surface area (Å²) in [5.41, 5.74) is 4.50. The number of hydrogen-bond acceptors (Lipinski definition) is 4. The minimum atomic E-state index is -0.293. The number of anilines is 1. The molecule has 0 fully saturated rings. The van der Waals surface area contributed by atoms with Crippen molar-refractivity contribution in [3.05, 3.63) is 23.8 Å². The van der Waals surface area contributed by atoms with Crippen molar-refractivity contribution in [1.82, 2.24) is 5.43 Å². The Hall–Kier alpha value is -1.75. The SMILES string of the molecule is CCC(C(=O)NN)N1c2cc(OC)ccc2C(C)CC1(C)C. The second kappa shape index (κ2) is 6.16. The first-order chi connectivity index (χ1) is 10.4. The Kier molecular flexibility index (Phi) is 4.66. The molecule has 1 aliphatic rings. The number of nitrogens with one attached hydrogen (secondary N) is 1. The number of ether oxygens (including phenoxy) is 1. The Bertz CT molecular complexity index is 557. The summed E-state index contributed by atoms with van der Waals surface area (Å²) in [6, 6.07) is 5.82. The maximum atomic E-state index is 12.3. The summed E-state index contributed by atoms with van der Waals surface area (Å²) in [6.45, 7) is 8.60. The highest BCUT2D eigenvalue weighted by molar-refractivity contribution is 5.86. The highest BCUT2D eigenvalue weighted by atomic mass is 16.5. The van der Waals surface area contributed by atoms with Crippen LogP contribution < -0.4 is 20.9 Å². The number of fused-ring (bicyclic) bond motifs is 1. The van der Waals surface area contributed by atoms with E-state index in [9.17, 15) is 4.79 Å². The van der Waals surface area contributed by atoms with Gasteiger partial charge in [-0.15, -0.1) is 0 Å². The van der Waals surface area contributed by atoms with E-state index in [4.69, 9.17) is 10.6 Å². The molecule has 3 N–H and O–H groups in total. The first kappa shape index (κ1) is 16.6. The third kappa shape index (κ3) is 2.77. The number of nitrogens with two attached hydrogens (primary N) is 1. The molecule has 1 amide bonds. The summed E-state index contributed by atoms with van der Waals surface area (Å²) in [5.74, 6) is 6.48. The molecule has 122 valence electrons. The van der Waals surface area contributed by atoms with Crippen molar-refractivity contribution < 1.29 is 9.53 Å². The molecule has 0 saturated carbocycles. The fourth-order valence-electron chi connectivity index (χ4n) is 3.73. The Balaban J connectivity index is 2.59. The summed E-state index contributed by atoms with van der Waals surface area (Å²) in [6.07, 6.45) is 1.68. The Morgan fingerprint density at radius 1 is 1.55 bits per heavy atom. The quantitative estimate of drug-likeness (QED) is 0.510. The molecule has 0 bridgehead atoms. The average Bonchev–Trinajstić information content (AvgIpc) is 2.49. The molecule has 1 aromatic rings. The van der Waals surface area contributed by atoms with Gasteiger partial charge in [-0.1, -0.05) is 19.9 Å². The maximum Gasteiger partial charge on any atom is 0.256 e. The zero-order valence-corrected chi connectivity index (χ0v) is 14.1. The number of hydrogen-bond donors (Lipinski definition) is 2. The van der Waals surface area contributed by atoms with Crippen LogP contribution in [0.3, 0.4) is 0 Å². The van der Waals surface area contributed by atoms with Crippen LogP contribution in [0.4, 0.5) is 5.69 Å². The molecule has 0 saturated heterocycles. The summed E-state index contributed by atoms with van der Waals surface area (Å²) in [5, 5.41) is 0. The number of nitrogens with zero attached hydrogens (tertiary/aromatic N) is 1. The Morgan fingerprint density at radius 2 is 2.23 bits per heavy atom. The molecule has 0 aromatic heterocycles. The van der Waals surface area contributed by atoms with Gasteiger partial charge < -0.3 is 9.64 Å². The first-order valence-corrected chi connectivity index (χ1v) is 7.83. The predicted molar refractivity (Wildman–Crippen MR) is 89.0 cm³/mol. The van der Waals surface area contributed by atoms with Gasteiger partial charge in [0.2, 0.25) is 0 Å². The van der Waals surface area contributed by atoms with Gasteiger partial charge >= 0.3 is 0 Å². The highest BCUT2D eigenvalue weighted by Gasteiger charge is 2.41. The van der Waals surface area contributed by atoms with Crippen molar-refractivity contribution in [3.8, 4) is 5.75 Å². The molecule has 5 nitrogen and oxygen atoms in total. The minimum absolute atomic E-state index is 0.133. The van der Waals surface area contributed by atoms with E-state index in [-0.39, 0.29) is 17.5 Å². The van der Waals surface area contributed by atoms with Crippen molar-refractivity contribution in [2.45, 2.75) is 58.0 Å². The zero-order chi connectivity index (χ0) is 16.5. The first-order valence-electron chi connectivity index (χ1n) is 7.83. The molecule has 1 heterocycles. The van der Waals surface area contributed by atoms with E-state index in [1.807, 2.05) is 19.1 Å².